The number of H-pyrrole nitrogens is 1. The fourth-order valence-electron chi connectivity index (χ4n) is 3.61. The Morgan fingerprint density at radius 1 is 1.28 bits per heavy atom. The van der Waals surface area contributed by atoms with E-state index in [0.29, 0.717) is 40.6 Å². The average molecular weight is 435 g/mol. The van der Waals surface area contributed by atoms with E-state index < -0.39 is 0 Å². The first kappa shape index (κ1) is 21.0. The number of nitrogens with two attached hydrogens (primary N) is 1. The van der Waals surface area contributed by atoms with Gasteiger partial charge in [-0.3, -0.25) is 14.7 Å². The lowest BCUT2D eigenvalue weighted by Crippen LogP contribution is -2.28. The second kappa shape index (κ2) is 8.10. The smallest absolute Gasteiger partial charge is 0.321 e. The normalized spacial score (nSPS) is 11.0. The number of nitrogens with zero attached hydrogens (tertiary/aromatic N) is 5. The van der Waals surface area contributed by atoms with E-state index in [0.717, 1.165) is 11.3 Å². The van der Waals surface area contributed by atoms with E-state index in [-0.39, 0.29) is 11.6 Å². The first-order valence-electron chi connectivity index (χ1n) is 10.1. The Morgan fingerprint density at radius 2 is 2.06 bits per heavy atom. The molecule has 0 aliphatic rings. The molecule has 3 heterocycles. The van der Waals surface area contributed by atoms with Crippen molar-refractivity contribution in [3.05, 3.63) is 47.0 Å². The molecule has 0 fully saturated rings. The minimum atomic E-state index is -0.360. The van der Waals surface area contributed by atoms with Crippen LogP contribution in [0.25, 0.3) is 27.8 Å². The summed E-state index contributed by atoms with van der Waals surface area (Å²) in [6.45, 7) is 2.32. The van der Waals surface area contributed by atoms with Crippen LogP contribution in [0, 0.1) is 0 Å². The minimum Gasteiger partial charge on any atom is -0.383 e. The Morgan fingerprint density at radius 3 is 2.72 bits per heavy atom. The van der Waals surface area contributed by atoms with Gasteiger partial charge in [-0.1, -0.05) is 0 Å². The summed E-state index contributed by atoms with van der Waals surface area (Å²) in [5, 5.41) is 9.70. The number of amides is 2. The molecule has 0 unspecified atom stereocenters. The lowest BCUT2D eigenvalue weighted by molar-refractivity contribution is 0.252. The van der Waals surface area contributed by atoms with E-state index in [4.69, 9.17) is 5.73 Å². The zero-order valence-electron chi connectivity index (χ0n) is 18.3. The van der Waals surface area contributed by atoms with E-state index in [1.165, 1.54) is 4.57 Å². The number of hydrogen-bond donors (Lipinski definition) is 4. The molecule has 0 bridgehead atoms. The lowest BCUT2D eigenvalue weighted by Gasteiger charge is -2.22. The quantitative estimate of drug-likeness (QED) is 0.378. The molecule has 0 radical (unpaired) electrons. The summed E-state index contributed by atoms with van der Waals surface area (Å²) in [6.07, 6.45) is 3.47. The summed E-state index contributed by atoms with van der Waals surface area (Å²) in [5.41, 5.74) is 10.2. The number of aromatic amines is 1. The second-order valence-electron chi connectivity index (χ2n) is 7.50. The third kappa shape index (κ3) is 3.64. The van der Waals surface area contributed by atoms with Crippen LogP contribution in [0.4, 0.5) is 22.2 Å². The number of carbonyl (C=O) groups excluding carboxylic acids is 1. The van der Waals surface area contributed by atoms with Gasteiger partial charge in [-0.25, -0.2) is 14.5 Å². The van der Waals surface area contributed by atoms with Crippen LogP contribution in [0.2, 0.25) is 0 Å². The van der Waals surface area contributed by atoms with E-state index >= 15 is 0 Å². The van der Waals surface area contributed by atoms with Crippen molar-refractivity contribution in [1.29, 1.82) is 0 Å². The maximum absolute atomic E-state index is 12.5. The Kier molecular flexibility index (Phi) is 5.31. The summed E-state index contributed by atoms with van der Waals surface area (Å²) >= 11 is 0. The first-order chi connectivity index (χ1) is 15.3. The molecule has 4 rings (SSSR count). The van der Waals surface area contributed by atoms with Crippen molar-refractivity contribution < 1.29 is 4.79 Å². The van der Waals surface area contributed by atoms with E-state index in [1.807, 2.05) is 38.1 Å². The predicted octanol–water partition coefficient (Wildman–Crippen LogP) is 1.90. The number of hydrogen-bond acceptors (Lipinski definition) is 6. The molecule has 0 aliphatic carbocycles. The predicted molar refractivity (Wildman–Crippen MR) is 125 cm³/mol. The van der Waals surface area contributed by atoms with Gasteiger partial charge in [0, 0.05) is 51.7 Å². The van der Waals surface area contributed by atoms with Crippen molar-refractivity contribution >= 4 is 34.5 Å². The van der Waals surface area contributed by atoms with Crippen molar-refractivity contribution in [2.24, 2.45) is 7.05 Å². The Labute approximate surface area is 183 Å². The average Bonchev–Trinajstić information content (AvgIpc) is 3.40. The maximum Gasteiger partial charge on any atom is 0.321 e. The lowest BCUT2D eigenvalue weighted by atomic mass is 10.0. The number of pyridine rings is 1. The number of imidazole rings is 1. The summed E-state index contributed by atoms with van der Waals surface area (Å²) in [5.74, 6) is 0.661. The van der Waals surface area contributed by atoms with E-state index in [2.05, 4.69) is 25.7 Å². The van der Waals surface area contributed by atoms with Gasteiger partial charge in [0.2, 0.25) is 5.95 Å². The topological polar surface area (TPSA) is 139 Å². The minimum absolute atomic E-state index is 0.216. The number of nitrogen functional groups attached to an aromatic ring is 1. The van der Waals surface area contributed by atoms with E-state index in [1.54, 1.807) is 36.3 Å². The molecule has 11 nitrogen and oxygen atoms in total. The van der Waals surface area contributed by atoms with Crippen LogP contribution in [0.15, 0.2) is 41.5 Å². The summed E-state index contributed by atoms with van der Waals surface area (Å²) in [6, 6.07) is 6.78. The molecule has 0 saturated carbocycles. The molecule has 0 spiro atoms. The summed E-state index contributed by atoms with van der Waals surface area (Å²) < 4.78 is 3.10. The molecule has 166 valence electrons. The largest absolute Gasteiger partial charge is 0.383 e. The number of nitrogens with one attached hydrogen (secondary N) is 3. The third-order valence-corrected chi connectivity index (χ3v) is 5.10. The van der Waals surface area contributed by atoms with Gasteiger partial charge in [-0.2, -0.15) is 5.10 Å². The molecule has 2 amide bonds. The Hall–Kier alpha value is -4.28. The zero-order valence-corrected chi connectivity index (χ0v) is 18.3. The molecule has 0 saturated heterocycles. The van der Waals surface area contributed by atoms with Gasteiger partial charge in [-0.15, -0.1) is 0 Å². The second-order valence-corrected chi connectivity index (χ2v) is 7.50. The van der Waals surface area contributed by atoms with Crippen LogP contribution < -0.4 is 26.8 Å². The number of rotatable bonds is 5. The molecule has 0 atom stereocenters. The molecular formula is C21H25N9O2. The van der Waals surface area contributed by atoms with Crippen LogP contribution in [-0.2, 0) is 7.05 Å². The number of fused-ring (bicyclic) bond motifs is 1. The highest BCUT2D eigenvalue weighted by molar-refractivity contribution is 5.96. The number of carbonyl (C=O) groups is 1. The van der Waals surface area contributed by atoms with Gasteiger partial charge < -0.3 is 20.9 Å². The van der Waals surface area contributed by atoms with Crippen molar-refractivity contribution in [3.8, 4) is 16.8 Å². The number of urea groups is 1. The fourth-order valence-corrected chi connectivity index (χ4v) is 3.61. The molecule has 1 aromatic carbocycles. The highest BCUT2D eigenvalue weighted by Crippen LogP contribution is 2.36. The van der Waals surface area contributed by atoms with E-state index in [9.17, 15) is 9.59 Å². The highest BCUT2D eigenvalue weighted by Gasteiger charge is 2.19. The SMILES string of the molecule is CCNC(=O)Nc1nc2c(-n3cccn3)cc(-c3cc(=O)n(C)c(N)c3N(C)C)cc2[nH]1. The molecule has 32 heavy (non-hydrogen) atoms. The maximum atomic E-state index is 12.5. The van der Waals surface area contributed by atoms with Gasteiger partial charge in [0.25, 0.3) is 5.56 Å². The number of aromatic nitrogens is 5. The molecule has 3 aromatic heterocycles. The summed E-state index contributed by atoms with van der Waals surface area (Å²) in [7, 11) is 5.38. The molecule has 0 aliphatic heterocycles. The molecular weight excluding hydrogens is 410 g/mol. The van der Waals surface area contributed by atoms with Gasteiger partial charge >= 0.3 is 6.03 Å². The monoisotopic (exact) mass is 435 g/mol. The van der Waals surface area contributed by atoms with Crippen LogP contribution in [0.1, 0.15) is 6.92 Å². The van der Waals surface area contributed by atoms with Crippen LogP contribution in [0.3, 0.4) is 0 Å². The van der Waals surface area contributed by atoms with Crippen LogP contribution in [0.5, 0.6) is 0 Å². The Balaban J connectivity index is 1.96. The zero-order chi connectivity index (χ0) is 23.0. The molecule has 11 heteroatoms. The Bertz CT molecular complexity index is 1350. The van der Waals surface area contributed by atoms with Gasteiger partial charge in [-0.05, 0) is 30.7 Å². The first-order valence-corrected chi connectivity index (χ1v) is 10.1. The van der Waals surface area contributed by atoms with Crippen molar-refractivity contribution in [2.75, 3.05) is 36.6 Å². The molecule has 4 aromatic rings. The van der Waals surface area contributed by atoms with Crippen molar-refractivity contribution in [2.45, 2.75) is 6.92 Å². The molecule has 5 N–H and O–H groups in total. The summed E-state index contributed by atoms with van der Waals surface area (Å²) in [4.78, 5) is 34.1. The standard InChI is InChI=1S/C21H25N9O2/c1-5-23-21(32)27-20-25-14-9-12(10-15(17(14)26-20)30-8-6-7-24-30)13-11-16(31)29(4)19(22)18(13)28(2)3/h6-11H,5,22H2,1-4H3,(H3,23,25,26,27,32). The number of benzene rings is 1. The van der Waals surface area contributed by atoms with Crippen LogP contribution in [-0.4, -0.2) is 51.0 Å². The highest BCUT2D eigenvalue weighted by atomic mass is 16.2. The van der Waals surface area contributed by atoms with Gasteiger partial charge in [0.15, 0.2) is 0 Å². The number of anilines is 3. The van der Waals surface area contributed by atoms with Crippen molar-refractivity contribution in [1.82, 2.24) is 29.6 Å². The third-order valence-electron chi connectivity index (χ3n) is 5.10. The van der Waals surface area contributed by atoms with Gasteiger partial charge in [0.1, 0.15) is 11.3 Å². The van der Waals surface area contributed by atoms with Crippen molar-refractivity contribution in [3.63, 3.8) is 0 Å². The van der Waals surface area contributed by atoms with Crippen LogP contribution >= 0.6 is 0 Å². The van der Waals surface area contributed by atoms with Gasteiger partial charge in [0.05, 0.1) is 16.9 Å². The fraction of sp³-hybridized carbons (Fsp3) is 0.238.